The van der Waals surface area contributed by atoms with Gasteiger partial charge in [-0.05, 0) is 13.3 Å². The van der Waals surface area contributed by atoms with E-state index >= 15 is 0 Å². The molecule has 58 valence electrons. The fourth-order valence-electron chi connectivity index (χ4n) is 0.388. The highest BCUT2D eigenvalue weighted by Gasteiger charge is 2.12. The van der Waals surface area contributed by atoms with Crippen LogP contribution >= 0.6 is 0 Å². The average Bonchev–Trinajstić information content (AvgIpc) is 1.87. The maximum absolute atomic E-state index is 10.4. The Kier molecular flexibility index (Phi) is 3.46. The number of amides is 1. The van der Waals surface area contributed by atoms with Crippen molar-refractivity contribution in [3.63, 3.8) is 0 Å². The van der Waals surface area contributed by atoms with Gasteiger partial charge in [0, 0.05) is 6.04 Å². The lowest BCUT2D eigenvalue weighted by atomic mass is 10.2. The third-order valence-corrected chi connectivity index (χ3v) is 1.18. The molecule has 0 rings (SSSR count). The summed E-state index contributed by atoms with van der Waals surface area (Å²) in [6.07, 6.45) is 0.735. The Balaban J connectivity index is 3.68. The summed E-state index contributed by atoms with van der Waals surface area (Å²) in [6.45, 7) is 3.62. The van der Waals surface area contributed by atoms with E-state index in [1.165, 1.54) is 0 Å². The van der Waals surface area contributed by atoms with Gasteiger partial charge in [-0.15, -0.1) is 0 Å². The number of carbonyl (C=O) groups excluding carboxylic acids is 1. The van der Waals surface area contributed by atoms with Crippen molar-refractivity contribution < 1.29 is 14.7 Å². The largest absolute Gasteiger partial charge is 0.474 e. The third-order valence-electron chi connectivity index (χ3n) is 1.18. The lowest BCUT2D eigenvalue weighted by Gasteiger charge is -2.07. The van der Waals surface area contributed by atoms with Crippen LogP contribution in [0.2, 0.25) is 0 Å². The molecule has 0 aromatic carbocycles. The van der Waals surface area contributed by atoms with E-state index in [9.17, 15) is 9.59 Å². The molecule has 0 saturated carbocycles. The number of carboxylic acid groups (broad SMARTS) is 1. The van der Waals surface area contributed by atoms with E-state index in [0.717, 1.165) is 6.42 Å². The number of aliphatic carboxylic acids is 1. The first-order chi connectivity index (χ1) is 4.57. The van der Waals surface area contributed by atoms with Gasteiger partial charge in [0.15, 0.2) is 0 Å². The lowest BCUT2D eigenvalue weighted by molar-refractivity contribution is -0.150. The van der Waals surface area contributed by atoms with E-state index in [4.69, 9.17) is 5.11 Å². The highest BCUT2D eigenvalue weighted by atomic mass is 16.4. The minimum absolute atomic E-state index is 0.0661. The summed E-state index contributed by atoms with van der Waals surface area (Å²) >= 11 is 0. The normalized spacial score (nSPS) is 12.2. The van der Waals surface area contributed by atoms with E-state index in [1.807, 2.05) is 6.92 Å². The summed E-state index contributed by atoms with van der Waals surface area (Å²) in [6, 6.07) is -0.0661. The Bertz CT molecular complexity index is 144. The highest BCUT2D eigenvalue weighted by Crippen LogP contribution is 1.86. The first kappa shape index (κ1) is 8.94. The van der Waals surface area contributed by atoms with Crippen molar-refractivity contribution in [3.8, 4) is 0 Å². The highest BCUT2D eigenvalue weighted by molar-refractivity contribution is 6.31. The van der Waals surface area contributed by atoms with Crippen molar-refractivity contribution in [2.24, 2.45) is 0 Å². The zero-order valence-electron chi connectivity index (χ0n) is 6.05. The summed E-state index contributed by atoms with van der Waals surface area (Å²) in [7, 11) is 0. The number of carboxylic acids is 1. The molecule has 0 saturated heterocycles. The molecule has 0 heterocycles. The van der Waals surface area contributed by atoms with Crippen LogP contribution in [-0.2, 0) is 9.59 Å². The molecule has 0 aliphatic heterocycles. The van der Waals surface area contributed by atoms with E-state index in [-0.39, 0.29) is 6.04 Å². The van der Waals surface area contributed by atoms with E-state index in [2.05, 4.69) is 5.32 Å². The van der Waals surface area contributed by atoms with Crippen molar-refractivity contribution in [1.82, 2.24) is 5.32 Å². The summed E-state index contributed by atoms with van der Waals surface area (Å²) in [5.41, 5.74) is 0. The molecular weight excluding hydrogens is 134 g/mol. The first-order valence-corrected chi connectivity index (χ1v) is 3.11. The molecule has 0 aliphatic carbocycles. The quantitative estimate of drug-likeness (QED) is 0.537. The van der Waals surface area contributed by atoms with Crippen molar-refractivity contribution >= 4 is 11.9 Å². The minimum atomic E-state index is -1.43. The molecule has 10 heavy (non-hydrogen) atoms. The van der Waals surface area contributed by atoms with Crippen molar-refractivity contribution in [2.45, 2.75) is 26.3 Å². The Morgan fingerprint density at radius 1 is 1.60 bits per heavy atom. The van der Waals surface area contributed by atoms with E-state index in [0.29, 0.717) is 0 Å². The monoisotopic (exact) mass is 145 g/mol. The first-order valence-electron chi connectivity index (χ1n) is 3.11. The zero-order chi connectivity index (χ0) is 8.15. The summed E-state index contributed by atoms with van der Waals surface area (Å²) in [5, 5.41) is 10.4. The van der Waals surface area contributed by atoms with Gasteiger partial charge in [0.05, 0.1) is 0 Å². The second-order valence-electron chi connectivity index (χ2n) is 2.09. The number of carbonyl (C=O) groups is 2. The van der Waals surface area contributed by atoms with E-state index < -0.39 is 11.9 Å². The predicted molar refractivity (Wildman–Crippen MR) is 35.5 cm³/mol. The van der Waals surface area contributed by atoms with Gasteiger partial charge in [-0.3, -0.25) is 4.79 Å². The molecule has 0 aliphatic rings. The van der Waals surface area contributed by atoms with Crippen LogP contribution in [0.4, 0.5) is 0 Å². The standard InChI is InChI=1S/C6H11NO3/c1-3-4(2)7-5(8)6(9)10/h4H,3H2,1-2H3,(H,7,8)(H,9,10)/t4-/m1/s1. The summed E-state index contributed by atoms with van der Waals surface area (Å²) < 4.78 is 0. The van der Waals surface area contributed by atoms with Gasteiger partial charge in [0.2, 0.25) is 0 Å². The van der Waals surface area contributed by atoms with Gasteiger partial charge in [0.1, 0.15) is 0 Å². The molecule has 0 bridgehead atoms. The van der Waals surface area contributed by atoms with Crippen molar-refractivity contribution in [2.75, 3.05) is 0 Å². The molecule has 0 radical (unpaired) electrons. The van der Waals surface area contributed by atoms with Crippen LogP contribution in [0, 0.1) is 0 Å². The second-order valence-corrected chi connectivity index (χ2v) is 2.09. The van der Waals surface area contributed by atoms with Gasteiger partial charge in [0.25, 0.3) is 0 Å². The molecule has 1 atom stereocenters. The molecule has 0 spiro atoms. The fraction of sp³-hybridized carbons (Fsp3) is 0.667. The van der Waals surface area contributed by atoms with Crippen LogP contribution in [0.5, 0.6) is 0 Å². The molecule has 0 fully saturated rings. The molecule has 2 N–H and O–H groups in total. The Morgan fingerprint density at radius 2 is 2.10 bits per heavy atom. The third kappa shape index (κ3) is 3.06. The SMILES string of the molecule is CC[C@@H](C)NC(=O)C(=O)O. The number of hydrogen-bond acceptors (Lipinski definition) is 2. The van der Waals surface area contributed by atoms with Gasteiger partial charge >= 0.3 is 11.9 Å². The minimum Gasteiger partial charge on any atom is -0.474 e. The van der Waals surface area contributed by atoms with E-state index in [1.54, 1.807) is 6.92 Å². The van der Waals surface area contributed by atoms with Crippen LogP contribution in [-0.4, -0.2) is 23.0 Å². The number of rotatable bonds is 2. The van der Waals surface area contributed by atoms with Crippen LogP contribution in [0.25, 0.3) is 0 Å². The number of hydrogen-bond donors (Lipinski definition) is 2. The summed E-state index contributed by atoms with van der Waals surface area (Å²) in [5.74, 6) is -2.37. The maximum Gasteiger partial charge on any atom is 0.394 e. The van der Waals surface area contributed by atoms with Crippen LogP contribution in [0.1, 0.15) is 20.3 Å². The van der Waals surface area contributed by atoms with Crippen molar-refractivity contribution in [3.05, 3.63) is 0 Å². The smallest absolute Gasteiger partial charge is 0.394 e. The predicted octanol–water partition coefficient (Wildman–Crippen LogP) is -0.0143. The zero-order valence-corrected chi connectivity index (χ0v) is 6.05. The van der Waals surface area contributed by atoms with Gasteiger partial charge in [-0.1, -0.05) is 6.92 Å². The van der Waals surface area contributed by atoms with Crippen LogP contribution in [0.15, 0.2) is 0 Å². The molecule has 4 heteroatoms. The Labute approximate surface area is 59.2 Å². The molecule has 0 aromatic rings. The summed E-state index contributed by atoms with van der Waals surface area (Å²) in [4.78, 5) is 20.3. The number of nitrogens with one attached hydrogen (secondary N) is 1. The topological polar surface area (TPSA) is 66.4 Å². The lowest BCUT2D eigenvalue weighted by Crippen LogP contribution is -2.36. The average molecular weight is 145 g/mol. The Morgan fingerprint density at radius 3 is 2.40 bits per heavy atom. The molecule has 4 nitrogen and oxygen atoms in total. The van der Waals surface area contributed by atoms with Crippen LogP contribution < -0.4 is 5.32 Å². The molecule has 0 unspecified atom stereocenters. The molecular formula is C6H11NO3. The Hall–Kier alpha value is -1.06. The van der Waals surface area contributed by atoms with Gasteiger partial charge in [-0.2, -0.15) is 0 Å². The molecule has 1 amide bonds. The molecule has 0 aromatic heterocycles. The second kappa shape index (κ2) is 3.87. The maximum atomic E-state index is 10.4. The van der Waals surface area contributed by atoms with Gasteiger partial charge < -0.3 is 10.4 Å². The van der Waals surface area contributed by atoms with Crippen LogP contribution in [0.3, 0.4) is 0 Å². The van der Waals surface area contributed by atoms with Gasteiger partial charge in [-0.25, -0.2) is 4.79 Å². The fourth-order valence-corrected chi connectivity index (χ4v) is 0.388. The van der Waals surface area contributed by atoms with Crippen molar-refractivity contribution in [1.29, 1.82) is 0 Å².